The van der Waals surface area contributed by atoms with Gasteiger partial charge in [-0.2, -0.15) is 5.26 Å². The van der Waals surface area contributed by atoms with Crippen LogP contribution in [0.15, 0.2) is 84.9 Å². The summed E-state index contributed by atoms with van der Waals surface area (Å²) in [5.41, 5.74) is 4.22. The van der Waals surface area contributed by atoms with E-state index in [4.69, 9.17) is 5.11 Å². The number of rotatable bonds is 11. The number of nitrogens with zero attached hydrogens (tertiary/aromatic N) is 2. The fourth-order valence-corrected chi connectivity index (χ4v) is 5.03. The van der Waals surface area contributed by atoms with Gasteiger partial charge in [0, 0.05) is 35.0 Å². The molecule has 0 unspecified atom stereocenters. The molecular weight excluding hydrogens is 572 g/mol. The number of nitrogens with one attached hydrogen (secondary N) is 1. The van der Waals surface area contributed by atoms with Gasteiger partial charge >= 0.3 is 35.5 Å². The van der Waals surface area contributed by atoms with Gasteiger partial charge in [0.15, 0.2) is 0 Å². The Bertz CT molecular complexity index is 1680. The molecule has 0 bridgehead atoms. The Morgan fingerprint density at radius 3 is 2.27 bits per heavy atom. The number of halogens is 1. The van der Waals surface area contributed by atoms with Crippen molar-refractivity contribution < 1.29 is 60.3 Å². The van der Waals surface area contributed by atoms with Crippen LogP contribution >= 0.6 is 0 Å². The smallest absolute Gasteiger partial charge is 1.00 e. The van der Waals surface area contributed by atoms with Crippen LogP contribution in [0.25, 0.3) is 28.3 Å². The maximum atomic E-state index is 14.1. The average molecular weight is 606 g/mol. The Balaban J connectivity index is 0.00000353. The minimum atomic E-state index is -1.25. The molecule has 0 aliphatic rings. The van der Waals surface area contributed by atoms with Gasteiger partial charge in [0.05, 0.1) is 30.3 Å². The van der Waals surface area contributed by atoms with E-state index in [2.05, 4.69) is 11.4 Å². The fraction of sp³-hybridized carbons (Fsp3) is 0.206. The van der Waals surface area contributed by atoms with E-state index < -0.39 is 36.3 Å². The molecular formula is C34H33FN3NaO5. The molecule has 8 nitrogen and oxygen atoms in total. The van der Waals surface area contributed by atoms with Crippen LogP contribution in [-0.4, -0.2) is 44.0 Å². The Hall–Kier alpha value is -4.04. The first-order chi connectivity index (χ1) is 20.6. The predicted molar refractivity (Wildman–Crippen MR) is 164 cm³/mol. The molecule has 0 spiro atoms. The van der Waals surface area contributed by atoms with Crippen molar-refractivity contribution in [3.8, 4) is 28.3 Å². The zero-order valence-electron chi connectivity index (χ0n) is 25.7. The van der Waals surface area contributed by atoms with Gasteiger partial charge in [0.2, 0.25) is 0 Å². The van der Waals surface area contributed by atoms with Gasteiger partial charge in [-0.05, 0) is 61.4 Å². The molecule has 0 aliphatic carbocycles. The number of anilines is 1. The summed E-state index contributed by atoms with van der Waals surface area (Å²) in [6, 6.07) is 23.5. The van der Waals surface area contributed by atoms with E-state index in [9.17, 15) is 29.5 Å². The minimum absolute atomic E-state index is 0. The van der Waals surface area contributed by atoms with Crippen molar-refractivity contribution in [3.63, 3.8) is 0 Å². The van der Waals surface area contributed by atoms with E-state index in [0.29, 0.717) is 39.3 Å². The van der Waals surface area contributed by atoms with E-state index in [-0.39, 0.29) is 43.4 Å². The van der Waals surface area contributed by atoms with E-state index in [1.54, 1.807) is 42.5 Å². The van der Waals surface area contributed by atoms with Crippen molar-refractivity contribution in [2.24, 2.45) is 0 Å². The molecule has 4 aromatic rings. The maximum absolute atomic E-state index is 14.1. The number of amides is 1. The fourth-order valence-electron chi connectivity index (χ4n) is 5.03. The molecule has 222 valence electrons. The number of aromatic nitrogens is 1. The Labute approximate surface area is 278 Å². The largest absolute Gasteiger partial charge is 1.00 e. The number of aliphatic hydroxyl groups is 2. The van der Waals surface area contributed by atoms with Crippen LogP contribution in [-0.2, 0) is 4.79 Å². The quantitative estimate of drug-likeness (QED) is 0.194. The van der Waals surface area contributed by atoms with Gasteiger partial charge in [-0.3, -0.25) is 9.59 Å². The summed E-state index contributed by atoms with van der Waals surface area (Å²) < 4.78 is 15.9. The van der Waals surface area contributed by atoms with E-state index in [1.165, 1.54) is 18.2 Å². The average Bonchev–Trinajstić information content (AvgIpc) is 3.32. The van der Waals surface area contributed by atoms with Crippen LogP contribution in [0.2, 0.25) is 0 Å². The summed E-state index contributed by atoms with van der Waals surface area (Å²) in [6.07, 6.45) is -0.0716. The molecule has 2 atom stereocenters. The van der Waals surface area contributed by atoms with Crippen LogP contribution in [0.4, 0.5) is 10.1 Å². The van der Waals surface area contributed by atoms with Crippen LogP contribution < -0.4 is 34.9 Å². The Morgan fingerprint density at radius 2 is 1.66 bits per heavy atom. The number of hydrogen-bond acceptors (Lipinski definition) is 5. The number of aliphatic hydroxyl groups excluding tert-OH is 2. The third kappa shape index (κ3) is 8.32. The van der Waals surface area contributed by atoms with Gasteiger partial charge < -0.3 is 26.6 Å². The molecule has 1 amide bonds. The summed E-state index contributed by atoms with van der Waals surface area (Å²) >= 11 is 0. The number of carboxylic acid groups (broad SMARTS) is 1. The van der Waals surface area contributed by atoms with Gasteiger partial charge in [-0.15, -0.1) is 0 Å². The normalized spacial score (nSPS) is 12.4. The number of hydrogen-bond donors (Lipinski definition) is 4. The number of aliphatic carboxylic acids is 1. The number of carbonyl (C=O) groups excluding carboxylic acids is 1. The molecule has 3 aromatic carbocycles. The summed E-state index contributed by atoms with van der Waals surface area (Å²) in [4.78, 5) is 25.1. The zero-order chi connectivity index (χ0) is 31.1. The third-order valence-electron chi connectivity index (χ3n) is 6.82. The van der Waals surface area contributed by atoms with Crippen molar-refractivity contribution in [2.75, 3.05) is 5.32 Å². The molecule has 1 aromatic heterocycles. The first kappa shape index (κ1) is 34.5. The molecule has 10 heteroatoms. The number of carbonyl (C=O) groups is 2. The molecule has 4 rings (SSSR count). The Morgan fingerprint density at radius 1 is 1.00 bits per heavy atom. The monoisotopic (exact) mass is 605 g/mol. The molecule has 44 heavy (non-hydrogen) atoms. The van der Waals surface area contributed by atoms with Crippen LogP contribution in [0.5, 0.6) is 0 Å². The molecule has 4 N–H and O–H groups in total. The van der Waals surface area contributed by atoms with Crippen molar-refractivity contribution >= 4 is 23.6 Å². The molecule has 0 aliphatic heterocycles. The van der Waals surface area contributed by atoms with Crippen molar-refractivity contribution in [3.05, 3.63) is 108 Å². The number of nitriles is 1. The zero-order valence-corrected chi connectivity index (χ0v) is 26.7. The molecule has 1 heterocycles. The van der Waals surface area contributed by atoms with E-state index in [0.717, 1.165) is 5.56 Å². The number of carboxylic acids is 1. The van der Waals surface area contributed by atoms with Crippen molar-refractivity contribution in [1.82, 2.24) is 4.57 Å². The van der Waals surface area contributed by atoms with Crippen LogP contribution in [0.3, 0.4) is 0 Å². The minimum Gasteiger partial charge on any atom is -1.00 e. The summed E-state index contributed by atoms with van der Waals surface area (Å²) in [7, 11) is 0. The predicted octanol–water partition coefficient (Wildman–Crippen LogP) is 3.38. The molecule has 0 fully saturated rings. The SMILES string of the molecule is CC(C)n1c(/C=C/[C@@H](O)C[C@@H](O)CC(=O)O)c(-c2ccc(F)cc2)c(-c2ccccc2)c1C(=O)Nc1cccc(C#N)c1.[H-].[Na+]. The van der Waals surface area contributed by atoms with Crippen LogP contribution in [0, 0.1) is 17.1 Å². The third-order valence-corrected chi connectivity index (χ3v) is 6.82. The van der Waals surface area contributed by atoms with Crippen molar-refractivity contribution in [1.29, 1.82) is 5.26 Å². The van der Waals surface area contributed by atoms with E-state index in [1.807, 2.05) is 48.7 Å². The molecule has 0 radical (unpaired) electrons. The second-order valence-corrected chi connectivity index (χ2v) is 10.4. The van der Waals surface area contributed by atoms with E-state index >= 15 is 0 Å². The second-order valence-electron chi connectivity index (χ2n) is 10.4. The van der Waals surface area contributed by atoms with Gasteiger partial charge in [0.25, 0.3) is 5.91 Å². The maximum Gasteiger partial charge on any atom is 1.00 e. The topological polar surface area (TPSA) is 136 Å². The molecule has 0 saturated carbocycles. The van der Waals surface area contributed by atoms with Gasteiger partial charge in [-0.1, -0.05) is 54.6 Å². The summed E-state index contributed by atoms with van der Waals surface area (Å²) in [5, 5.41) is 41.9. The second kappa shape index (κ2) is 15.6. The molecule has 0 saturated heterocycles. The van der Waals surface area contributed by atoms with Gasteiger partial charge in [-0.25, -0.2) is 4.39 Å². The van der Waals surface area contributed by atoms with Crippen molar-refractivity contribution in [2.45, 2.75) is 44.9 Å². The Kier molecular flexibility index (Phi) is 12.2. The standard InChI is InChI=1S/C34H32FN3O5.Na.H/c1-21(2)38-29(16-15-27(39)18-28(40)19-30(41)42)31(24-11-13-25(35)14-12-24)32(23-8-4-3-5-9-23)33(38)34(43)37-26-10-6-7-22(17-26)20-36;;/h3-17,21,27-28,39-40H,18-19H2,1-2H3,(H,37,43)(H,41,42);;/q;+1;-1/b16-15+;;/t27-,28-;;/m1../s1. The summed E-state index contributed by atoms with van der Waals surface area (Å²) in [6.45, 7) is 3.81. The summed E-state index contributed by atoms with van der Waals surface area (Å²) in [5.74, 6) is -2.05. The van der Waals surface area contributed by atoms with Crippen LogP contribution in [0.1, 0.15) is 55.9 Å². The first-order valence-electron chi connectivity index (χ1n) is 13.8. The first-order valence-corrected chi connectivity index (χ1v) is 13.8. The number of benzene rings is 3. The van der Waals surface area contributed by atoms with Gasteiger partial charge in [0.1, 0.15) is 11.5 Å².